The Bertz CT molecular complexity index is 591. The first-order valence-electron chi connectivity index (χ1n) is 5.26. The zero-order valence-electron chi connectivity index (χ0n) is 9.86. The maximum absolute atomic E-state index is 13.6. The largest absolute Gasteiger partial charge is 0.383 e. The Labute approximate surface area is 112 Å². The highest BCUT2D eigenvalue weighted by Gasteiger charge is 2.19. The number of aromatic nitrogens is 2. The molecule has 0 radical (unpaired) electrons. The molecular weight excluding hydrogens is 280 g/mol. The summed E-state index contributed by atoms with van der Waals surface area (Å²) in [5.41, 5.74) is 5.51. The van der Waals surface area contributed by atoms with Gasteiger partial charge in [0.25, 0.3) is 5.89 Å². The zero-order chi connectivity index (χ0) is 14.0. The van der Waals surface area contributed by atoms with E-state index < -0.39 is 17.7 Å². The summed E-state index contributed by atoms with van der Waals surface area (Å²) in [6.07, 6.45) is 0. The van der Waals surface area contributed by atoms with E-state index in [9.17, 15) is 8.78 Å². The van der Waals surface area contributed by atoms with Crippen LogP contribution in [0, 0.1) is 11.6 Å². The molecule has 5 nitrogen and oxygen atoms in total. The van der Waals surface area contributed by atoms with Crippen molar-refractivity contribution in [1.82, 2.24) is 10.1 Å². The van der Waals surface area contributed by atoms with Crippen molar-refractivity contribution in [2.24, 2.45) is 5.73 Å². The molecule has 2 aromatic rings. The molecule has 1 heterocycles. The molecule has 0 spiro atoms. The number of rotatable bonds is 4. The molecule has 19 heavy (non-hydrogen) atoms. The van der Waals surface area contributed by atoms with Gasteiger partial charge in [-0.1, -0.05) is 16.8 Å². The van der Waals surface area contributed by atoms with Gasteiger partial charge in [-0.15, -0.1) is 0 Å². The molecule has 0 aliphatic rings. The fraction of sp³-hybridized carbons (Fsp3) is 0.273. The predicted octanol–water partition coefficient (Wildman–Crippen LogP) is 2.31. The quantitative estimate of drug-likeness (QED) is 0.874. The number of ether oxygens (including phenoxy) is 1. The van der Waals surface area contributed by atoms with Crippen LogP contribution in [0.2, 0.25) is 5.02 Å². The van der Waals surface area contributed by atoms with Gasteiger partial charge in [-0.05, 0) is 12.1 Å². The first kappa shape index (κ1) is 13.9. The molecule has 0 fully saturated rings. The summed E-state index contributed by atoms with van der Waals surface area (Å²) in [4.78, 5) is 3.90. The normalized spacial score (nSPS) is 12.7. The first-order valence-corrected chi connectivity index (χ1v) is 5.63. The fourth-order valence-corrected chi connectivity index (χ4v) is 1.59. The standard InChI is InChI=1S/C11H10ClF2N3O2/c1-18-4-9(15)10-16-11(19-17-10)5-2-8(14)6(12)3-7(5)13/h2-3,9H,4,15H2,1H3. The molecule has 102 valence electrons. The molecule has 1 atom stereocenters. The number of halogens is 3. The van der Waals surface area contributed by atoms with Crippen LogP contribution in [0.4, 0.5) is 8.78 Å². The zero-order valence-corrected chi connectivity index (χ0v) is 10.6. The molecule has 8 heteroatoms. The van der Waals surface area contributed by atoms with Crippen molar-refractivity contribution in [3.8, 4) is 11.5 Å². The van der Waals surface area contributed by atoms with E-state index in [0.717, 1.165) is 12.1 Å². The highest BCUT2D eigenvalue weighted by molar-refractivity contribution is 6.30. The van der Waals surface area contributed by atoms with Crippen molar-refractivity contribution in [3.05, 3.63) is 34.6 Å². The summed E-state index contributed by atoms with van der Waals surface area (Å²) in [5.74, 6) is -1.57. The van der Waals surface area contributed by atoms with Crippen LogP contribution < -0.4 is 5.73 Å². The number of hydrogen-bond acceptors (Lipinski definition) is 5. The minimum atomic E-state index is -0.779. The van der Waals surface area contributed by atoms with Crippen molar-refractivity contribution in [1.29, 1.82) is 0 Å². The third kappa shape index (κ3) is 2.89. The van der Waals surface area contributed by atoms with Gasteiger partial charge < -0.3 is 15.0 Å². The topological polar surface area (TPSA) is 74.2 Å². The molecule has 1 aromatic carbocycles. The van der Waals surface area contributed by atoms with E-state index in [0.29, 0.717) is 0 Å². The summed E-state index contributed by atoms with van der Waals surface area (Å²) in [5, 5.41) is 3.27. The molecule has 1 aromatic heterocycles. The highest BCUT2D eigenvalue weighted by Crippen LogP contribution is 2.27. The lowest BCUT2D eigenvalue weighted by molar-refractivity contribution is 0.177. The number of methoxy groups -OCH3 is 1. The van der Waals surface area contributed by atoms with Gasteiger partial charge in [-0.25, -0.2) is 8.78 Å². The smallest absolute Gasteiger partial charge is 0.261 e. The van der Waals surface area contributed by atoms with Crippen molar-refractivity contribution in [2.75, 3.05) is 13.7 Å². The van der Waals surface area contributed by atoms with Gasteiger partial charge in [0.1, 0.15) is 11.6 Å². The summed E-state index contributed by atoms with van der Waals surface area (Å²) >= 11 is 5.45. The maximum atomic E-state index is 13.6. The maximum Gasteiger partial charge on any atom is 0.261 e. The molecule has 1 unspecified atom stereocenters. The Morgan fingerprint density at radius 2 is 2.16 bits per heavy atom. The van der Waals surface area contributed by atoms with E-state index >= 15 is 0 Å². The third-order valence-electron chi connectivity index (χ3n) is 2.36. The summed E-state index contributed by atoms with van der Waals surface area (Å²) < 4.78 is 36.6. The fourth-order valence-electron chi connectivity index (χ4n) is 1.44. The summed E-state index contributed by atoms with van der Waals surface area (Å²) in [6.45, 7) is 0.177. The summed E-state index contributed by atoms with van der Waals surface area (Å²) in [6, 6.07) is 1.12. The monoisotopic (exact) mass is 289 g/mol. The Morgan fingerprint density at radius 1 is 1.42 bits per heavy atom. The second-order valence-electron chi connectivity index (χ2n) is 3.77. The van der Waals surface area contributed by atoms with Crippen LogP contribution in [0.25, 0.3) is 11.5 Å². The lowest BCUT2D eigenvalue weighted by Gasteiger charge is -2.03. The predicted molar refractivity (Wildman–Crippen MR) is 63.5 cm³/mol. The molecule has 2 rings (SSSR count). The number of nitrogens with two attached hydrogens (primary N) is 1. The number of hydrogen-bond donors (Lipinski definition) is 1. The van der Waals surface area contributed by atoms with Crippen molar-refractivity contribution >= 4 is 11.6 Å². The summed E-state index contributed by atoms with van der Waals surface area (Å²) in [7, 11) is 1.47. The van der Waals surface area contributed by atoms with Gasteiger partial charge >= 0.3 is 0 Å². The van der Waals surface area contributed by atoms with Crippen molar-refractivity contribution in [2.45, 2.75) is 6.04 Å². The lowest BCUT2D eigenvalue weighted by atomic mass is 10.2. The van der Waals surface area contributed by atoms with E-state index in [1.807, 2.05) is 0 Å². The second-order valence-corrected chi connectivity index (χ2v) is 4.17. The first-order chi connectivity index (χ1) is 9.02. The molecule has 0 aliphatic heterocycles. The average Bonchev–Trinajstić information content (AvgIpc) is 2.83. The molecule has 0 saturated heterocycles. The Morgan fingerprint density at radius 3 is 2.84 bits per heavy atom. The van der Waals surface area contributed by atoms with E-state index in [1.165, 1.54) is 7.11 Å². The Balaban J connectivity index is 2.35. The van der Waals surface area contributed by atoms with Gasteiger partial charge in [-0.2, -0.15) is 4.98 Å². The Kier molecular flexibility index (Phi) is 4.08. The van der Waals surface area contributed by atoms with Crippen LogP contribution in [0.15, 0.2) is 16.7 Å². The van der Waals surface area contributed by atoms with E-state index in [2.05, 4.69) is 10.1 Å². The van der Waals surface area contributed by atoms with Crippen LogP contribution in [0.5, 0.6) is 0 Å². The molecule has 2 N–H and O–H groups in total. The van der Waals surface area contributed by atoms with Gasteiger partial charge in [0, 0.05) is 7.11 Å². The Hall–Kier alpha value is -1.57. The van der Waals surface area contributed by atoms with Crippen LogP contribution in [-0.2, 0) is 4.74 Å². The SMILES string of the molecule is COCC(N)c1noc(-c2cc(F)c(Cl)cc2F)n1. The number of nitrogens with zero attached hydrogens (tertiary/aromatic N) is 2. The van der Waals surface area contributed by atoms with E-state index in [-0.39, 0.29) is 28.9 Å². The minimum Gasteiger partial charge on any atom is -0.383 e. The molecule has 0 amide bonds. The van der Waals surface area contributed by atoms with Gasteiger partial charge in [0.2, 0.25) is 0 Å². The van der Waals surface area contributed by atoms with Crippen LogP contribution >= 0.6 is 11.6 Å². The van der Waals surface area contributed by atoms with Crippen molar-refractivity contribution in [3.63, 3.8) is 0 Å². The average molecular weight is 290 g/mol. The van der Waals surface area contributed by atoms with Crippen LogP contribution in [-0.4, -0.2) is 23.9 Å². The van der Waals surface area contributed by atoms with Crippen LogP contribution in [0.3, 0.4) is 0 Å². The highest BCUT2D eigenvalue weighted by atomic mass is 35.5. The van der Waals surface area contributed by atoms with Crippen molar-refractivity contribution < 1.29 is 18.0 Å². The van der Waals surface area contributed by atoms with Gasteiger partial charge in [0.05, 0.1) is 23.2 Å². The van der Waals surface area contributed by atoms with E-state index in [1.54, 1.807) is 0 Å². The molecular formula is C11H10ClF2N3O2. The molecule has 0 saturated carbocycles. The minimum absolute atomic E-state index is 0.145. The van der Waals surface area contributed by atoms with Crippen LogP contribution in [0.1, 0.15) is 11.9 Å². The second kappa shape index (κ2) is 5.60. The third-order valence-corrected chi connectivity index (χ3v) is 2.65. The van der Waals surface area contributed by atoms with Gasteiger partial charge in [-0.3, -0.25) is 0 Å². The molecule has 0 bridgehead atoms. The van der Waals surface area contributed by atoms with Gasteiger partial charge in [0.15, 0.2) is 5.82 Å². The number of benzene rings is 1. The lowest BCUT2D eigenvalue weighted by Crippen LogP contribution is -2.17. The van der Waals surface area contributed by atoms with E-state index in [4.69, 9.17) is 26.6 Å². The molecule has 0 aliphatic carbocycles.